The molecule has 0 saturated heterocycles. The van der Waals surface area contributed by atoms with Crippen LogP contribution in [0.3, 0.4) is 0 Å². The van der Waals surface area contributed by atoms with Crippen molar-refractivity contribution in [1.82, 2.24) is 9.71 Å². The van der Waals surface area contributed by atoms with Crippen LogP contribution in [0.4, 0.5) is 0 Å². The van der Waals surface area contributed by atoms with Crippen molar-refractivity contribution in [1.29, 1.82) is 0 Å². The summed E-state index contributed by atoms with van der Waals surface area (Å²) in [6.45, 7) is 0. The second kappa shape index (κ2) is 3.78. The molecule has 0 fully saturated rings. The summed E-state index contributed by atoms with van der Waals surface area (Å²) in [5, 5.41) is 28.0. The average molecular weight is 236 g/mol. The first-order valence-electron chi connectivity index (χ1n) is 4.65. The molecular weight excluding hydrogens is 228 g/mol. The summed E-state index contributed by atoms with van der Waals surface area (Å²) in [6, 6.07) is 2.92. The van der Waals surface area contributed by atoms with Gasteiger partial charge in [-0.3, -0.25) is 9.59 Å². The zero-order chi connectivity index (χ0) is 12.6. The fraction of sp³-hybridized carbons (Fsp3) is 0.100. The molecule has 2 rings (SSSR count). The van der Waals surface area contributed by atoms with Gasteiger partial charge in [0.25, 0.3) is 5.56 Å². The lowest BCUT2D eigenvalue weighted by molar-refractivity contribution is -0.136. The summed E-state index contributed by atoms with van der Waals surface area (Å²) in [6.07, 6.45) is 0.668. The normalized spacial score (nSPS) is 10.6. The Morgan fingerprint density at radius 2 is 2.18 bits per heavy atom. The van der Waals surface area contributed by atoms with Gasteiger partial charge in [0.2, 0.25) is 0 Å². The summed E-state index contributed by atoms with van der Waals surface area (Å²) in [4.78, 5) is 25.9. The van der Waals surface area contributed by atoms with Crippen LogP contribution in [0, 0.1) is 0 Å². The van der Waals surface area contributed by atoms with Crippen LogP contribution in [0.15, 0.2) is 23.1 Å². The van der Waals surface area contributed by atoms with Crippen LogP contribution >= 0.6 is 0 Å². The fourth-order valence-corrected chi connectivity index (χ4v) is 1.55. The van der Waals surface area contributed by atoms with Crippen LogP contribution < -0.4 is 5.56 Å². The van der Waals surface area contributed by atoms with Gasteiger partial charge in [0.1, 0.15) is 5.75 Å². The first kappa shape index (κ1) is 10.9. The van der Waals surface area contributed by atoms with Crippen LogP contribution in [0.5, 0.6) is 5.75 Å². The van der Waals surface area contributed by atoms with E-state index < -0.39 is 23.7 Å². The third-order valence-electron chi connectivity index (χ3n) is 2.31. The molecule has 2 aromatic heterocycles. The number of carboxylic acid groups (broad SMARTS) is 1. The van der Waals surface area contributed by atoms with Gasteiger partial charge in [-0.25, -0.2) is 4.98 Å². The van der Waals surface area contributed by atoms with E-state index in [1.165, 1.54) is 18.3 Å². The first-order chi connectivity index (χ1) is 8.02. The molecule has 0 saturated carbocycles. The standard InChI is InChI=1S/C10H8N2O5/c13-7(14)4-6-8(15)5-2-1-3-11-9(5)12(17)10(6)16/h1-3,15,17H,4H2,(H,13,14). The predicted octanol–water partition coefficient (Wildman–Crippen LogP) is -0.0335. The lowest BCUT2D eigenvalue weighted by atomic mass is 10.1. The molecule has 0 aliphatic carbocycles. The van der Waals surface area contributed by atoms with E-state index in [2.05, 4.69) is 4.98 Å². The van der Waals surface area contributed by atoms with Gasteiger partial charge < -0.3 is 15.4 Å². The van der Waals surface area contributed by atoms with Crippen molar-refractivity contribution in [3.63, 3.8) is 0 Å². The molecule has 0 atom stereocenters. The van der Waals surface area contributed by atoms with E-state index in [1.54, 1.807) is 0 Å². The Hall–Kier alpha value is -2.57. The quantitative estimate of drug-likeness (QED) is 0.631. The van der Waals surface area contributed by atoms with Crippen molar-refractivity contribution in [3.05, 3.63) is 34.2 Å². The van der Waals surface area contributed by atoms with E-state index in [0.717, 1.165) is 0 Å². The Morgan fingerprint density at radius 1 is 1.47 bits per heavy atom. The Labute approximate surface area is 94.2 Å². The number of pyridine rings is 2. The summed E-state index contributed by atoms with van der Waals surface area (Å²) in [5.74, 6) is -1.74. The Balaban J connectivity index is 2.86. The molecule has 0 spiro atoms. The number of aliphatic carboxylic acids is 1. The SMILES string of the molecule is O=C(O)Cc1c(O)c2cccnc2n(O)c1=O. The summed E-state index contributed by atoms with van der Waals surface area (Å²) in [7, 11) is 0. The number of rotatable bonds is 2. The van der Waals surface area contributed by atoms with Crippen molar-refractivity contribution in [3.8, 4) is 5.75 Å². The summed E-state index contributed by atoms with van der Waals surface area (Å²) < 4.78 is 0.229. The van der Waals surface area contributed by atoms with Crippen molar-refractivity contribution in [2.24, 2.45) is 0 Å². The lowest BCUT2D eigenvalue weighted by Gasteiger charge is -2.07. The van der Waals surface area contributed by atoms with Gasteiger partial charge in [-0.05, 0) is 12.1 Å². The van der Waals surface area contributed by atoms with Crippen molar-refractivity contribution in [2.75, 3.05) is 0 Å². The molecule has 0 aliphatic heterocycles. The highest BCUT2D eigenvalue weighted by molar-refractivity contribution is 5.84. The molecule has 17 heavy (non-hydrogen) atoms. The average Bonchev–Trinajstić information content (AvgIpc) is 2.31. The Bertz CT molecular complexity index is 662. The molecule has 0 amide bonds. The van der Waals surface area contributed by atoms with E-state index in [-0.39, 0.29) is 21.3 Å². The van der Waals surface area contributed by atoms with Crippen LogP contribution in [0.2, 0.25) is 0 Å². The van der Waals surface area contributed by atoms with Crippen LogP contribution in [0.1, 0.15) is 5.56 Å². The van der Waals surface area contributed by atoms with Gasteiger partial charge in [0, 0.05) is 6.20 Å². The summed E-state index contributed by atoms with van der Waals surface area (Å²) >= 11 is 0. The van der Waals surface area contributed by atoms with E-state index in [9.17, 15) is 19.9 Å². The van der Waals surface area contributed by atoms with Gasteiger partial charge in [-0.2, -0.15) is 0 Å². The minimum atomic E-state index is -1.28. The highest BCUT2D eigenvalue weighted by Crippen LogP contribution is 2.24. The molecule has 88 valence electrons. The summed E-state index contributed by atoms with van der Waals surface area (Å²) in [5.41, 5.74) is -1.49. The van der Waals surface area contributed by atoms with E-state index >= 15 is 0 Å². The lowest BCUT2D eigenvalue weighted by Crippen LogP contribution is -2.24. The molecule has 7 heteroatoms. The maximum Gasteiger partial charge on any atom is 0.308 e. The number of hydrogen-bond acceptors (Lipinski definition) is 5. The number of fused-ring (bicyclic) bond motifs is 1. The minimum Gasteiger partial charge on any atom is -0.507 e. The van der Waals surface area contributed by atoms with Crippen molar-refractivity contribution in [2.45, 2.75) is 6.42 Å². The Morgan fingerprint density at radius 3 is 2.82 bits per heavy atom. The van der Waals surface area contributed by atoms with E-state index in [4.69, 9.17) is 5.11 Å². The monoisotopic (exact) mass is 236 g/mol. The minimum absolute atomic E-state index is 0.117. The zero-order valence-electron chi connectivity index (χ0n) is 8.49. The molecule has 2 heterocycles. The highest BCUT2D eigenvalue weighted by atomic mass is 16.5. The van der Waals surface area contributed by atoms with Gasteiger partial charge in [0.05, 0.1) is 17.4 Å². The number of carboxylic acids is 1. The van der Waals surface area contributed by atoms with Gasteiger partial charge in [0.15, 0.2) is 5.65 Å². The molecular formula is C10H8N2O5. The topological polar surface area (TPSA) is 113 Å². The number of carbonyl (C=O) groups is 1. The highest BCUT2D eigenvalue weighted by Gasteiger charge is 2.18. The third kappa shape index (κ3) is 1.67. The smallest absolute Gasteiger partial charge is 0.308 e. The molecule has 7 nitrogen and oxygen atoms in total. The van der Waals surface area contributed by atoms with Crippen LogP contribution in [-0.2, 0) is 11.2 Å². The zero-order valence-corrected chi connectivity index (χ0v) is 8.49. The number of aromatic nitrogens is 2. The Kier molecular flexibility index (Phi) is 2.43. The maximum atomic E-state index is 11.6. The number of hydrogen-bond donors (Lipinski definition) is 3. The largest absolute Gasteiger partial charge is 0.507 e. The van der Waals surface area contributed by atoms with Gasteiger partial charge >= 0.3 is 5.97 Å². The molecule has 0 bridgehead atoms. The molecule has 0 unspecified atom stereocenters. The van der Waals surface area contributed by atoms with Crippen molar-refractivity contribution < 1.29 is 20.2 Å². The second-order valence-electron chi connectivity index (χ2n) is 3.39. The third-order valence-corrected chi connectivity index (χ3v) is 2.31. The van der Waals surface area contributed by atoms with Gasteiger partial charge in [-0.15, -0.1) is 4.73 Å². The first-order valence-corrected chi connectivity index (χ1v) is 4.65. The van der Waals surface area contributed by atoms with E-state index in [1.807, 2.05) is 0 Å². The molecule has 0 aliphatic rings. The maximum absolute atomic E-state index is 11.6. The number of nitrogens with zero attached hydrogens (tertiary/aromatic N) is 2. The predicted molar refractivity (Wildman–Crippen MR) is 56.2 cm³/mol. The molecule has 0 radical (unpaired) electrons. The second-order valence-corrected chi connectivity index (χ2v) is 3.39. The van der Waals surface area contributed by atoms with Crippen LogP contribution in [-0.4, -0.2) is 31.1 Å². The van der Waals surface area contributed by atoms with Crippen LogP contribution in [0.25, 0.3) is 11.0 Å². The molecule has 0 aromatic carbocycles. The van der Waals surface area contributed by atoms with Gasteiger partial charge in [-0.1, -0.05) is 0 Å². The molecule has 2 aromatic rings. The van der Waals surface area contributed by atoms with Crippen molar-refractivity contribution >= 4 is 17.0 Å². The fourth-order valence-electron chi connectivity index (χ4n) is 1.55. The molecule has 3 N–H and O–H groups in total. The van der Waals surface area contributed by atoms with E-state index in [0.29, 0.717) is 0 Å². The number of aromatic hydroxyl groups is 1.